The molecule has 0 radical (unpaired) electrons. The molecule has 1 N–H and O–H groups in total. The van der Waals surface area contributed by atoms with Crippen LogP contribution < -0.4 is 5.32 Å². The molecule has 0 amide bonds. The van der Waals surface area contributed by atoms with Crippen molar-refractivity contribution in [3.05, 3.63) is 0 Å². The second-order valence-electron chi connectivity index (χ2n) is 4.35. The summed E-state index contributed by atoms with van der Waals surface area (Å²) in [7, 11) is 0. The van der Waals surface area contributed by atoms with Gasteiger partial charge in [0.25, 0.3) is 0 Å². The van der Waals surface area contributed by atoms with E-state index in [1.807, 2.05) is 0 Å². The van der Waals surface area contributed by atoms with E-state index < -0.39 is 0 Å². The van der Waals surface area contributed by atoms with Crippen molar-refractivity contribution >= 4 is 11.6 Å². The zero-order valence-corrected chi connectivity index (χ0v) is 8.78. The van der Waals surface area contributed by atoms with Crippen LogP contribution in [0.1, 0.15) is 25.7 Å². The number of nitrogens with one attached hydrogen (secondary N) is 1. The Hall–Kier alpha value is 0.210. The maximum atomic E-state index is 5.89. The molecule has 0 aromatic heterocycles. The fourth-order valence-electron chi connectivity index (χ4n) is 1.82. The number of alkyl halides is 1. The third-order valence-electron chi connectivity index (χ3n) is 3.22. The highest BCUT2D eigenvalue weighted by molar-refractivity contribution is 6.18. The van der Waals surface area contributed by atoms with Crippen molar-refractivity contribution in [1.82, 2.24) is 5.32 Å². The van der Waals surface area contributed by atoms with Crippen molar-refractivity contribution in [2.75, 3.05) is 25.6 Å². The quantitative estimate of drug-likeness (QED) is 0.704. The van der Waals surface area contributed by atoms with E-state index in [-0.39, 0.29) is 0 Å². The third kappa shape index (κ3) is 2.58. The highest BCUT2D eigenvalue weighted by atomic mass is 35.5. The van der Waals surface area contributed by atoms with Crippen molar-refractivity contribution in [2.24, 2.45) is 5.92 Å². The summed E-state index contributed by atoms with van der Waals surface area (Å²) in [6, 6.07) is 0. The van der Waals surface area contributed by atoms with Crippen LogP contribution in [-0.4, -0.2) is 31.2 Å². The van der Waals surface area contributed by atoms with Gasteiger partial charge in [-0.15, -0.1) is 11.6 Å². The van der Waals surface area contributed by atoms with Crippen molar-refractivity contribution < 1.29 is 4.74 Å². The number of hydrogen-bond acceptors (Lipinski definition) is 2. The molecule has 0 atom stereocenters. The van der Waals surface area contributed by atoms with Crippen molar-refractivity contribution in [3.8, 4) is 0 Å². The van der Waals surface area contributed by atoms with Gasteiger partial charge in [0.2, 0.25) is 0 Å². The first-order chi connectivity index (χ1) is 6.35. The van der Waals surface area contributed by atoms with Crippen LogP contribution in [-0.2, 0) is 4.74 Å². The van der Waals surface area contributed by atoms with E-state index in [2.05, 4.69) is 5.32 Å². The van der Waals surface area contributed by atoms with Gasteiger partial charge in [0, 0.05) is 24.6 Å². The molecule has 2 nitrogen and oxygen atoms in total. The van der Waals surface area contributed by atoms with E-state index in [1.165, 1.54) is 25.7 Å². The summed E-state index contributed by atoms with van der Waals surface area (Å²) in [5.74, 6) is 1.59. The lowest BCUT2D eigenvalue weighted by Crippen LogP contribution is -2.38. The lowest BCUT2D eigenvalue weighted by atomic mass is 10.00. The fourth-order valence-corrected chi connectivity index (χ4v) is 2.18. The molecular weight excluding hydrogens is 186 g/mol. The predicted molar refractivity (Wildman–Crippen MR) is 54.2 cm³/mol. The largest absolute Gasteiger partial charge is 0.381 e. The molecule has 0 unspecified atom stereocenters. The number of halogens is 1. The van der Waals surface area contributed by atoms with Crippen molar-refractivity contribution in [3.63, 3.8) is 0 Å². The Bertz CT molecular complexity index is 164. The summed E-state index contributed by atoms with van der Waals surface area (Å²) < 4.78 is 5.32. The molecule has 0 bridgehead atoms. The van der Waals surface area contributed by atoms with Crippen molar-refractivity contribution in [1.29, 1.82) is 0 Å². The van der Waals surface area contributed by atoms with Gasteiger partial charge in [0.05, 0.1) is 0 Å². The summed E-state index contributed by atoms with van der Waals surface area (Å²) in [5, 5.41) is 3.60. The molecule has 76 valence electrons. The summed E-state index contributed by atoms with van der Waals surface area (Å²) >= 11 is 5.89. The third-order valence-corrected chi connectivity index (χ3v) is 3.73. The first-order valence-electron chi connectivity index (χ1n) is 5.23. The van der Waals surface area contributed by atoms with E-state index in [4.69, 9.17) is 16.3 Å². The summed E-state index contributed by atoms with van der Waals surface area (Å²) in [6.07, 6.45) is 4.95. The molecule has 2 rings (SSSR count). The van der Waals surface area contributed by atoms with E-state index in [1.54, 1.807) is 0 Å². The molecule has 3 heteroatoms. The molecule has 1 saturated heterocycles. The minimum Gasteiger partial charge on any atom is -0.381 e. The molecule has 0 spiro atoms. The monoisotopic (exact) mass is 203 g/mol. The van der Waals surface area contributed by atoms with Gasteiger partial charge in [0.15, 0.2) is 0 Å². The molecule has 1 saturated carbocycles. The standard InChI is InChI=1S/C10H18ClNO/c11-8-10(3-4-10)12-7-9-1-5-13-6-2-9/h9,12H,1-8H2. The van der Waals surface area contributed by atoms with Gasteiger partial charge in [-0.1, -0.05) is 0 Å². The topological polar surface area (TPSA) is 21.3 Å². The van der Waals surface area contributed by atoms with E-state index in [0.29, 0.717) is 5.54 Å². The van der Waals surface area contributed by atoms with Gasteiger partial charge < -0.3 is 10.1 Å². The maximum absolute atomic E-state index is 5.89. The smallest absolute Gasteiger partial charge is 0.0469 e. The van der Waals surface area contributed by atoms with Crippen LogP contribution in [0, 0.1) is 5.92 Å². The predicted octanol–water partition coefficient (Wildman–Crippen LogP) is 1.77. The van der Waals surface area contributed by atoms with Crippen LogP contribution in [0.15, 0.2) is 0 Å². The highest BCUT2D eigenvalue weighted by Crippen LogP contribution is 2.36. The Morgan fingerprint density at radius 2 is 2.00 bits per heavy atom. The molecule has 1 heterocycles. The van der Waals surface area contributed by atoms with Gasteiger partial charge >= 0.3 is 0 Å². The SMILES string of the molecule is ClCC1(NCC2CCOCC2)CC1. The van der Waals surface area contributed by atoms with Crippen LogP contribution in [0.25, 0.3) is 0 Å². The van der Waals surface area contributed by atoms with Gasteiger partial charge in [0.1, 0.15) is 0 Å². The minimum absolute atomic E-state index is 0.319. The Balaban J connectivity index is 1.66. The van der Waals surface area contributed by atoms with Gasteiger partial charge in [-0.2, -0.15) is 0 Å². The maximum Gasteiger partial charge on any atom is 0.0469 e. The molecular formula is C10H18ClNO. The van der Waals surface area contributed by atoms with Gasteiger partial charge in [-0.25, -0.2) is 0 Å². The number of hydrogen-bond donors (Lipinski definition) is 1. The highest BCUT2D eigenvalue weighted by Gasteiger charge is 2.41. The summed E-state index contributed by atoms with van der Waals surface area (Å²) in [4.78, 5) is 0. The zero-order chi connectivity index (χ0) is 9.15. The Kier molecular flexibility index (Phi) is 3.12. The Morgan fingerprint density at radius 3 is 2.54 bits per heavy atom. The van der Waals surface area contributed by atoms with Crippen LogP contribution >= 0.6 is 11.6 Å². The van der Waals surface area contributed by atoms with E-state index >= 15 is 0 Å². The second-order valence-corrected chi connectivity index (χ2v) is 4.62. The number of ether oxygens (including phenoxy) is 1. The van der Waals surface area contributed by atoms with Crippen LogP contribution in [0.2, 0.25) is 0 Å². The molecule has 0 aromatic rings. The Labute approximate surface area is 85.0 Å². The lowest BCUT2D eigenvalue weighted by Gasteiger charge is -2.24. The van der Waals surface area contributed by atoms with Crippen molar-refractivity contribution in [2.45, 2.75) is 31.2 Å². The zero-order valence-electron chi connectivity index (χ0n) is 8.02. The summed E-state index contributed by atoms with van der Waals surface area (Å²) in [6.45, 7) is 3.02. The molecule has 2 aliphatic rings. The molecule has 1 aliphatic heterocycles. The van der Waals surface area contributed by atoms with Crippen LogP contribution in [0.4, 0.5) is 0 Å². The minimum atomic E-state index is 0.319. The lowest BCUT2D eigenvalue weighted by molar-refractivity contribution is 0.0654. The van der Waals surface area contributed by atoms with E-state index in [0.717, 1.165) is 31.6 Å². The molecule has 13 heavy (non-hydrogen) atoms. The average molecular weight is 204 g/mol. The first-order valence-corrected chi connectivity index (χ1v) is 5.77. The van der Waals surface area contributed by atoms with Crippen LogP contribution in [0.3, 0.4) is 0 Å². The normalized spacial score (nSPS) is 27.5. The van der Waals surface area contributed by atoms with Gasteiger partial charge in [-0.05, 0) is 38.1 Å². The van der Waals surface area contributed by atoms with E-state index in [9.17, 15) is 0 Å². The molecule has 1 aliphatic carbocycles. The van der Waals surface area contributed by atoms with Crippen LogP contribution in [0.5, 0.6) is 0 Å². The Morgan fingerprint density at radius 1 is 1.31 bits per heavy atom. The van der Waals surface area contributed by atoms with Gasteiger partial charge in [-0.3, -0.25) is 0 Å². The average Bonchev–Trinajstić information content (AvgIpc) is 2.97. The first kappa shape index (κ1) is 9.75. The fraction of sp³-hybridized carbons (Fsp3) is 1.00. The molecule has 2 fully saturated rings. The summed E-state index contributed by atoms with van der Waals surface area (Å²) in [5.41, 5.74) is 0.319. The number of rotatable bonds is 4. The molecule has 0 aromatic carbocycles. The second kappa shape index (κ2) is 4.16.